The first-order valence-corrected chi connectivity index (χ1v) is 6.66. The predicted octanol–water partition coefficient (Wildman–Crippen LogP) is 0.491. The summed E-state index contributed by atoms with van der Waals surface area (Å²) in [6, 6.07) is -0.533. The molecule has 2 saturated heterocycles. The monoisotopic (exact) mass is 254 g/mol. The highest BCUT2D eigenvalue weighted by atomic mass is 16.5. The molecule has 0 saturated carbocycles. The molecule has 0 radical (unpaired) electrons. The smallest absolute Gasteiger partial charge is 0.246 e. The Balaban J connectivity index is 2.09. The molecule has 0 aromatic rings. The Labute approximate surface area is 108 Å². The Morgan fingerprint density at radius 1 is 1.39 bits per heavy atom. The maximum absolute atomic E-state index is 12.4. The molecule has 3 unspecified atom stereocenters. The molecule has 2 aliphatic heterocycles. The standard InChI is InChI=1S/C13H22N2O3/c1-9(8-18-3)7-15-10(2)12(16)14-6-4-5-11(14)13(15)17/h9-11H,4-8H2,1-3H3. The van der Waals surface area contributed by atoms with Crippen LogP contribution < -0.4 is 0 Å². The zero-order chi connectivity index (χ0) is 13.3. The zero-order valence-corrected chi connectivity index (χ0v) is 11.4. The van der Waals surface area contributed by atoms with E-state index >= 15 is 0 Å². The summed E-state index contributed by atoms with van der Waals surface area (Å²) in [5.74, 6) is 0.464. The third kappa shape index (κ3) is 2.23. The van der Waals surface area contributed by atoms with Gasteiger partial charge in [0.15, 0.2) is 0 Å². The van der Waals surface area contributed by atoms with Gasteiger partial charge in [-0.3, -0.25) is 9.59 Å². The Hall–Kier alpha value is -1.10. The van der Waals surface area contributed by atoms with Gasteiger partial charge in [0.25, 0.3) is 0 Å². The van der Waals surface area contributed by atoms with Crippen LogP contribution >= 0.6 is 0 Å². The Morgan fingerprint density at radius 2 is 2.11 bits per heavy atom. The van der Waals surface area contributed by atoms with E-state index in [1.54, 1.807) is 16.9 Å². The highest BCUT2D eigenvalue weighted by Gasteiger charge is 2.45. The predicted molar refractivity (Wildman–Crippen MR) is 67.0 cm³/mol. The lowest BCUT2D eigenvalue weighted by Crippen LogP contribution is -2.62. The Bertz CT molecular complexity index is 345. The highest BCUT2D eigenvalue weighted by molar-refractivity contribution is 5.97. The van der Waals surface area contributed by atoms with E-state index in [9.17, 15) is 9.59 Å². The molecule has 3 atom stereocenters. The lowest BCUT2D eigenvalue weighted by atomic mass is 10.0. The van der Waals surface area contributed by atoms with Crippen LogP contribution in [0.25, 0.3) is 0 Å². The van der Waals surface area contributed by atoms with Crippen LogP contribution in [-0.2, 0) is 14.3 Å². The van der Waals surface area contributed by atoms with Crippen molar-refractivity contribution in [3.63, 3.8) is 0 Å². The van der Waals surface area contributed by atoms with E-state index in [0.717, 1.165) is 19.4 Å². The fourth-order valence-corrected chi connectivity index (χ4v) is 2.96. The van der Waals surface area contributed by atoms with E-state index in [2.05, 4.69) is 0 Å². The third-order valence-electron chi connectivity index (χ3n) is 3.89. The van der Waals surface area contributed by atoms with Crippen LogP contribution in [0.1, 0.15) is 26.7 Å². The first kappa shape index (κ1) is 13.3. The minimum atomic E-state index is -0.328. The number of ether oxygens (including phenoxy) is 1. The number of piperazine rings is 1. The van der Waals surface area contributed by atoms with Gasteiger partial charge in [0, 0.05) is 20.2 Å². The molecule has 0 bridgehead atoms. The van der Waals surface area contributed by atoms with Gasteiger partial charge in [0.05, 0.1) is 6.61 Å². The highest BCUT2D eigenvalue weighted by Crippen LogP contribution is 2.27. The summed E-state index contributed by atoms with van der Waals surface area (Å²) in [6.45, 7) is 5.81. The van der Waals surface area contributed by atoms with Crippen molar-refractivity contribution in [2.24, 2.45) is 5.92 Å². The molecule has 2 amide bonds. The Morgan fingerprint density at radius 3 is 2.78 bits per heavy atom. The van der Waals surface area contributed by atoms with Crippen LogP contribution in [0.15, 0.2) is 0 Å². The summed E-state index contributed by atoms with van der Waals surface area (Å²) >= 11 is 0. The van der Waals surface area contributed by atoms with E-state index in [1.807, 2.05) is 13.8 Å². The first-order valence-electron chi connectivity index (χ1n) is 6.66. The molecule has 2 heterocycles. The first-order chi connectivity index (χ1) is 8.56. The number of carbonyl (C=O) groups is 2. The van der Waals surface area contributed by atoms with Crippen molar-refractivity contribution in [1.82, 2.24) is 9.80 Å². The van der Waals surface area contributed by atoms with Crippen molar-refractivity contribution in [3.8, 4) is 0 Å². The fourth-order valence-electron chi connectivity index (χ4n) is 2.96. The van der Waals surface area contributed by atoms with Crippen LogP contribution in [0.4, 0.5) is 0 Å². The number of fused-ring (bicyclic) bond motifs is 1. The number of amides is 2. The summed E-state index contributed by atoms with van der Waals surface area (Å²) in [5.41, 5.74) is 0. The number of methoxy groups -OCH3 is 1. The molecule has 0 aromatic carbocycles. The third-order valence-corrected chi connectivity index (χ3v) is 3.89. The van der Waals surface area contributed by atoms with Crippen molar-refractivity contribution in [3.05, 3.63) is 0 Å². The molecule has 102 valence electrons. The molecule has 2 fully saturated rings. The molecular weight excluding hydrogens is 232 g/mol. The van der Waals surface area contributed by atoms with Crippen molar-refractivity contribution in [2.45, 2.75) is 38.8 Å². The second kappa shape index (κ2) is 5.26. The van der Waals surface area contributed by atoms with Gasteiger partial charge in [-0.25, -0.2) is 0 Å². The van der Waals surface area contributed by atoms with Gasteiger partial charge in [-0.2, -0.15) is 0 Å². The van der Waals surface area contributed by atoms with Crippen LogP contribution in [0.3, 0.4) is 0 Å². The number of carbonyl (C=O) groups excluding carboxylic acids is 2. The molecule has 0 aliphatic carbocycles. The van der Waals surface area contributed by atoms with Gasteiger partial charge in [0.1, 0.15) is 12.1 Å². The molecule has 0 spiro atoms. The second-order valence-corrected chi connectivity index (χ2v) is 5.42. The number of rotatable bonds is 4. The quantitative estimate of drug-likeness (QED) is 0.733. The van der Waals surface area contributed by atoms with Gasteiger partial charge in [-0.1, -0.05) is 6.92 Å². The number of nitrogens with zero attached hydrogens (tertiary/aromatic N) is 2. The number of hydrogen-bond donors (Lipinski definition) is 0. The zero-order valence-electron chi connectivity index (χ0n) is 11.4. The van der Waals surface area contributed by atoms with Gasteiger partial charge >= 0.3 is 0 Å². The Kier molecular flexibility index (Phi) is 3.90. The van der Waals surface area contributed by atoms with Gasteiger partial charge < -0.3 is 14.5 Å². The second-order valence-electron chi connectivity index (χ2n) is 5.42. The number of hydrogen-bond acceptors (Lipinski definition) is 3. The van der Waals surface area contributed by atoms with Gasteiger partial charge in [-0.15, -0.1) is 0 Å². The maximum Gasteiger partial charge on any atom is 0.246 e. The maximum atomic E-state index is 12.4. The van der Waals surface area contributed by atoms with Gasteiger partial charge in [0.2, 0.25) is 11.8 Å². The summed E-state index contributed by atoms with van der Waals surface area (Å²) in [5, 5.41) is 0. The average Bonchev–Trinajstić information content (AvgIpc) is 2.81. The van der Waals surface area contributed by atoms with Crippen LogP contribution in [0, 0.1) is 5.92 Å². The van der Waals surface area contributed by atoms with Crippen LogP contribution in [0.5, 0.6) is 0 Å². The summed E-state index contributed by atoms with van der Waals surface area (Å²) < 4.78 is 5.10. The topological polar surface area (TPSA) is 49.9 Å². The van der Waals surface area contributed by atoms with Crippen molar-refractivity contribution < 1.29 is 14.3 Å². The van der Waals surface area contributed by atoms with E-state index in [4.69, 9.17) is 4.74 Å². The van der Waals surface area contributed by atoms with Crippen LogP contribution in [0.2, 0.25) is 0 Å². The van der Waals surface area contributed by atoms with Gasteiger partial charge in [-0.05, 0) is 25.7 Å². The molecule has 18 heavy (non-hydrogen) atoms. The molecule has 5 nitrogen and oxygen atoms in total. The summed E-state index contributed by atoms with van der Waals surface area (Å²) in [6.07, 6.45) is 1.75. The minimum absolute atomic E-state index is 0.0988. The SMILES string of the molecule is COCC(C)CN1C(=O)C2CCCN2C(=O)C1C. The van der Waals surface area contributed by atoms with Crippen LogP contribution in [-0.4, -0.2) is 60.5 Å². The molecule has 0 N–H and O–H groups in total. The van der Waals surface area contributed by atoms with E-state index in [1.165, 1.54) is 0 Å². The molecular formula is C13H22N2O3. The summed E-state index contributed by atoms with van der Waals surface area (Å²) in [4.78, 5) is 28.1. The largest absolute Gasteiger partial charge is 0.384 e. The van der Waals surface area contributed by atoms with Crippen molar-refractivity contribution >= 4 is 11.8 Å². The van der Waals surface area contributed by atoms with Crippen molar-refractivity contribution in [2.75, 3.05) is 26.8 Å². The summed E-state index contributed by atoms with van der Waals surface area (Å²) in [7, 11) is 1.65. The average molecular weight is 254 g/mol. The lowest BCUT2D eigenvalue weighted by Gasteiger charge is -2.41. The van der Waals surface area contributed by atoms with E-state index in [0.29, 0.717) is 13.2 Å². The molecule has 2 rings (SSSR count). The lowest BCUT2D eigenvalue weighted by molar-refractivity contribution is -0.159. The fraction of sp³-hybridized carbons (Fsp3) is 0.846. The molecule has 2 aliphatic rings. The van der Waals surface area contributed by atoms with Crippen molar-refractivity contribution in [1.29, 1.82) is 0 Å². The molecule has 5 heteroatoms. The minimum Gasteiger partial charge on any atom is -0.384 e. The van der Waals surface area contributed by atoms with E-state index < -0.39 is 0 Å². The normalized spacial score (nSPS) is 29.7. The molecule has 0 aromatic heterocycles. The van der Waals surface area contributed by atoms with E-state index in [-0.39, 0.29) is 29.8 Å².